The highest BCUT2D eigenvalue weighted by Gasteiger charge is 2.45. The van der Waals surface area contributed by atoms with E-state index in [9.17, 15) is 14.7 Å². The lowest BCUT2D eigenvalue weighted by Crippen LogP contribution is -2.31. The molecule has 1 aliphatic rings. The first-order valence-electron chi connectivity index (χ1n) is 11.4. The number of hydrogen-bond acceptors (Lipinski definition) is 6. The first-order chi connectivity index (χ1) is 17.4. The molecule has 1 N–H and O–H groups in total. The molecule has 5 rings (SSSR count). The van der Waals surface area contributed by atoms with Crippen LogP contribution < -0.4 is 9.64 Å². The minimum Gasteiger partial charge on any atom is -0.503 e. The monoisotopic (exact) mass is 496 g/mol. The number of aryl methyl sites for hydroxylation is 2. The van der Waals surface area contributed by atoms with E-state index in [-0.39, 0.29) is 5.57 Å². The molecule has 0 fully saturated rings. The second kappa shape index (κ2) is 9.43. The molecule has 1 aromatic heterocycles. The summed E-state index contributed by atoms with van der Waals surface area (Å²) in [6.45, 7) is 3.72. The minimum absolute atomic E-state index is 0.0489. The van der Waals surface area contributed by atoms with E-state index in [0.29, 0.717) is 27.0 Å². The van der Waals surface area contributed by atoms with Gasteiger partial charge in [0.25, 0.3) is 5.91 Å². The molecule has 0 saturated carbocycles. The van der Waals surface area contributed by atoms with Gasteiger partial charge in [-0.2, -0.15) is 0 Å². The molecule has 1 aliphatic heterocycles. The Labute approximate surface area is 213 Å². The fourth-order valence-corrected chi connectivity index (χ4v) is 5.46. The van der Waals surface area contributed by atoms with Gasteiger partial charge < -0.3 is 9.84 Å². The summed E-state index contributed by atoms with van der Waals surface area (Å²) in [4.78, 5) is 33.8. The highest BCUT2D eigenvalue weighted by atomic mass is 32.1. The Balaban J connectivity index is 1.62. The van der Waals surface area contributed by atoms with Crippen molar-refractivity contribution in [3.05, 3.63) is 112 Å². The molecule has 2 heterocycles. The fourth-order valence-electron chi connectivity index (χ4n) is 4.44. The fraction of sp³-hybridized carbons (Fsp3) is 0.138. The number of benzene rings is 3. The van der Waals surface area contributed by atoms with Crippen molar-refractivity contribution in [3.63, 3.8) is 0 Å². The van der Waals surface area contributed by atoms with Gasteiger partial charge in [-0.15, -0.1) is 11.3 Å². The van der Waals surface area contributed by atoms with E-state index in [2.05, 4.69) is 4.98 Å². The molecule has 36 heavy (non-hydrogen) atoms. The number of aliphatic hydroxyl groups is 1. The Morgan fingerprint density at radius 2 is 1.72 bits per heavy atom. The summed E-state index contributed by atoms with van der Waals surface area (Å²) in [7, 11) is 1.57. The molecular formula is C29H24N2O4S. The average molecular weight is 497 g/mol. The Bertz CT molecular complexity index is 1490. The van der Waals surface area contributed by atoms with E-state index in [0.717, 1.165) is 16.7 Å². The van der Waals surface area contributed by atoms with Gasteiger partial charge in [0, 0.05) is 11.3 Å². The van der Waals surface area contributed by atoms with Gasteiger partial charge in [0.2, 0.25) is 5.78 Å². The van der Waals surface area contributed by atoms with Crippen LogP contribution in [0.3, 0.4) is 0 Å². The highest BCUT2D eigenvalue weighted by molar-refractivity contribution is 7.17. The number of aliphatic hydroxyl groups excluding tert-OH is 1. The zero-order valence-corrected chi connectivity index (χ0v) is 20.9. The number of aromatic nitrogens is 1. The zero-order valence-electron chi connectivity index (χ0n) is 20.1. The maximum absolute atomic E-state index is 14.0. The van der Waals surface area contributed by atoms with Crippen molar-refractivity contribution in [1.82, 2.24) is 4.98 Å². The Hall–Kier alpha value is -4.23. The molecule has 3 aromatic carbocycles. The quantitative estimate of drug-likeness (QED) is 0.321. The van der Waals surface area contributed by atoms with Gasteiger partial charge in [-0.05, 0) is 43.7 Å². The summed E-state index contributed by atoms with van der Waals surface area (Å²) in [5, 5.41) is 11.8. The number of rotatable bonds is 6. The molecule has 0 spiro atoms. The largest absolute Gasteiger partial charge is 0.503 e. The van der Waals surface area contributed by atoms with Gasteiger partial charge in [0.05, 0.1) is 29.3 Å². The lowest BCUT2D eigenvalue weighted by molar-refractivity contribution is -0.117. The molecule has 0 radical (unpaired) electrons. The number of ketones is 1. The maximum Gasteiger partial charge on any atom is 0.294 e. The van der Waals surface area contributed by atoms with Crippen LogP contribution in [0, 0.1) is 13.8 Å². The second-order valence-electron chi connectivity index (χ2n) is 8.58. The highest BCUT2D eigenvalue weighted by Crippen LogP contribution is 2.43. The molecule has 4 aromatic rings. The van der Waals surface area contributed by atoms with Gasteiger partial charge >= 0.3 is 0 Å². The first kappa shape index (κ1) is 23.5. The predicted octanol–water partition coefficient (Wildman–Crippen LogP) is 6.22. The number of amides is 1. The number of carbonyl (C=O) groups is 2. The summed E-state index contributed by atoms with van der Waals surface area (Å²) in [5.41, 5.74) is 3.77. The normalized spacial score (nSPS) is 15.5. The van der Waals surface area contributed by atoms with Crippen molar-refractivity contribution < 1.29 is 19.4 Å². The number of ether oxygens (including phenoxy) is 1. The van der Waals surface area contributed by atoms with E-state index in [1.54, 1.807) is 38.3 Å². The zero-order chi connectivity index (χ0) is 25.4. The van der Waals surface area contributed by atoms with Crippen LogP contribution in [0.25, 0.3) is 10.6 Å². The van der Waals surface area contributed by atoms with Gasteiger partial charge in [-0.1, -0.05) is 60.2 Å². The number of methoxy groups -OCH3 is 1. The van der Waals surface area contributed by atoms with Crippen molar-refractivity contribution in [3.8, 4) is 16.3 Å². The van der Waals surface area contributed by atoms with Crippen molar-refractivity contribution in [2.75, 3.05) is 12.0 Å². The Morgan fingerprint density at radius 1 is 1.00 bits per heavy atom. The van der Waals surface area contributed by atoms with Crippen LogP contribution in [-0.4, -0.2) is 28.9 Å². The third-order valence-corrected chi connectivity index (χ3v) is 7.39. The van der Waals surface area contributed by atoms with Crippen LogP contribution in [0.2, 0.25) is 0 Å². The molecule has 6 nitrogen and oxygen atoms in total. The molecule has 7 heteroatoms. The lowest BCUT2D eigenvalue weighted by atomic mass is 9.94. The Kier molecular flexibility index (Phi) is 6.16. The summed E-state index contributed by atoms with van der Waals surface area (Å²) in [5.74, 6) is -0.933. The van der Waals surface area contributed by atoms with Crippen molar-refractivity contribution in [2.24, 2.45) is 0 Å². The summed E-state index contributed by atoms with van der Waals surface area (Å²) < 4.78 is 5.25. The SMILES string of the molecule is COc1ccc(N2C(=O)C(O)=C(C(=O)c3sc(-c4ccccc4)nc3C)C2c2cccc(C)c2)cc1. The first-order valence-corrected chi connectivity index (χ1v) is 12.3. The number of carbonyl (C=O) groups excluding carboxylic acids is 2. The molecule has 0 saturated heterocycles. The lowest BCUT2D eigenvalue weighted by Gasteiger charge is -2.27. The molecule has 0 bridgehead atoms. The molecular weight excluding hydrogens is 472 g/mol. The molecule has 0 aliphatic carbocycles. The van der Waals surface area contributed by atoms with E-state index >= 15 is 0 Å². The van der Waals surface area contributed by atoms with Crippen LogP contribution in [0.15, 0.2) is 90.2 Å². The van der Waals surface area contributed by atoms with Gasteiger partial charge in [0.1, 0.15) is 10.8 Å². The number of nitrogens with zero attached hydrogens (tertiary/aromatic N) is 2. The van der Waals surface area contributed by atoms with Crippen molar-refractivity contribution in [1.29, 1.82) is 0 Å². The van der Waals surface area contributed by atoms with Gasteiger partial charge in [0.15, 0.2) is 5.76 Å². The second-order valence-corrected chi connectivity index (χ2v) is 9.58. The van der Waals surface area contributed by atoms with Gasteiger partial charge in [-0.3, -0.25) is 14.5 Å². The van der Waals surface area contributed by atoms with Crippen LogP contribution >= 0.6 is 11.3 Å². The average Bonchev–Trinajstić information content (AvgIpc) is 3.41. The smallest absolute Gasteiger partial charge is 0.294 e. The Morgan fingerprint density at radius 3 is 2.39 bits per heavy atom. The molecule has 1 atom stereocenters. The molecule has 180 valence electrons. The number of thiazole rings is 1. The maximum atomic E-state index is 14.0. The van der Waals surface area contributed by atoms with Crippen molar-refractivity contribution in [2.45, 2.75) is 19.9 Å². The number of hydrogen-bond donors (Lipinski definition) is 1. The van der Waals surface area contributed by atoms with Crippen LogP contribution in [0.4, 0.5) is 5.69 Å². The van der Waals surface area contributed by atoms with E-state index in [1.807, 2.05) is 61.5 Å². The summed E-state index contributed by atoms with van der Waals surface area (Å²) in [6.07, 6.45) is 0. The third-order valence-electron chi connectivity index (χ3n) is 6.18. The molecule has 1 unspecified atom stereocenters. The topological polar surface area (TPSA) is 79.7 Å². The van der Waals surface area contributed by atoms with E-state index in [4.69, 9.17) is 4.74 Å². The minimum atomic E-state index is -0.792. The van der Waals surface area contributed by atoms with Crippen LogP contribution in [0.1, 0.15) is 32.5 Å². The standard InChI is InChI=1S/C29H24N2O4S/c1-17-8-7-11-20(16-17)24-23(26(33)29(34)31(24)21-12-14-22(35-3)15-13-21)25(32)27-18(2)30-28(36-27)19-9-5-4-6-10-19/h4-16,24,33H,1-3H3. The van der Waals surface area contributed by atoms with Crippen LogP contribution in [0.5, 0.6) is 5.75 Å². The number of anilines is 1. The van der Waals surface area contributed by atoms with Crippen molar-refractivity contribution >= 4 is 28.7 Å². The predicted molar refractivity (Wildman–Crippen MR) is 141 cm³/mol. The number of Topliss-reactive ketones (excluding diaryl/α,β-unsaturated/α-hetero) is 1. The third kappa shape index (κ3) is 4.07. The molecule has 1 amide bonds. The van der Waals surface area contributed by atoms with E-state index in [1.165, 1.54) is 16.2 Å². The van der Waals surface area contributed by atoms with Crippen LogP contribution in [-0.2, 0) is 4.79 Å². The van der Waals surface area contributed by atoms with Gasteiger partial charge in [-0.25, -0.2) is 4.98 Å². The summed E-state index contributed by atoms with van der Waals surface area (Å²) >= 11 is 1.26. The summed E-state index contributed by atoms with van der Waals surface area (Å²) in [6, 6.07) is 23.4. The van der Waals surface area contributed by atoms with E-state index < -0.39 is 23.5 Å².